The molecule has 1 aliphatic heterocycles. The van der Waals surface area contributed by atoms with Gasteiger partial charge in [0.15, 0.2) is 5.96 Å². The Morgan fingerprint density at radius 1 is 1.32 bits per heavy atom. The van der Waals surface area contributed by atoms with E-state index in [-0.39, 0.29) is 11.9 Å². The first-order valence-electron chi connectivity index (χ1n) is 8.63. The van der Waals surface area contributed by atoms with Gasteiger partial charge in [-0.2, -0.15) is 0 Å². The minimum atomic E-state index is -0.113. The first-order chi connectivity index (χ1) is 12.1. The number of carbonyl (C=O) groups is 1. The van der Waals surface area contributed by atoms with Crippen LogP contribution >= 0.6 is 11.6 Å². The molecule has 0 aromatic heterocycles. The predicted octanol–water partition coefficient (Wildman–Crippen LogP) is 2.57. The minimum Gasteiger partial charge on any atom is -0.492 e. The molecule has 0 atom stereocenters. The van der Waals surface area contributed by atoms with Gasteiger partial charge in [-0.3, -0.25) is 4.79 Å². The molecule has 1 fully saturated rings. The maximum absolute atomic E-state index is 11.6. The Bertz CT molecular complexity index is 569. The third-order valence-corrected chi connectivity index (χ3v) is 4.35. The molecule has 1 heterocycles. The average Bonchev–Trinajstić information content (AvgIpc) is 2.65. The van der Waals surface area contributed by atoms with Crippen LogP contribution in [0.4, 0.5) is 0 Å². The lowest BCUT2D eigenvalue weighted by Crippen LogP contribution is -2.46. The van der Waals surface area contributed by atoms with Crippen molar-refractivity contribution in [3.8, 4) is 5.75 Å². The van der Waals surface area contributed by atoms with E-state index in [1.54, 1.807) is 12.1 Å². The molecular weight excluding hydrogens is 342 g/mol. The second-order valence-corrected chi connectivity index (χ2v) is 6.26. The van der Waals surface area contributed by atoms with Gasteiger partial charge in [-0.05, 0) is 44.0 Å². The molecule has 1 N–H and O–H groups in total. The summed E-state index contributed by atoms with van der Waals surface area (Å²) < 4.78 is 10.5. The van der Waals surface area contributed by atoms with Crippen LogP contribution in [0.25, 0.3) is 0 Å². The molecule has 0 aliphatic carbocycles. The lowest BCUT2D eigenvalue weighted by molar-refractivity contribution is -0.146. The zero-order chi connectivity index (χ0) is 18.1. The summed E-state index contributed by atoms with van der Waals surface area (Å²) in [6.07, 6.45) is 1.58. The molecule has 25 heavy (non-hydrogen) atoms. The third kappa shape index (κ3) is 6.12. The minimum absolute atomic E-state index is 0.00244. The van der Waals surface area contributed by atoms with Crippen molar-refractivity contribution < 1.29 is 14.3 Å². The van der Waals surface area contributed by atoms with Crippen molar-refractivity contribution >= 4 is 23.5 Å². The molecule has 138 valence electrons. The van der Waals surface area contributed by atoms with Crippen LogP contribution in [0.5, 0.6) is 5.75 Å². The fraction of sp³-hybridized carbons (Fsp3) is 0.556. The van der Waals surface area contributed by atoms with Gasteiger partial charge in [0.2, 0.25) is 0 Å². The molecule has 0 unspecified atom stereocenters. The van der Waals surface area contributed by atoms with Crippen LogP contribution in [0.3, 0.4) is 0 Å². The number of benzene rings is 1. The molecule has 7 heteroatoms. The second kappa shape index (κ2) is 10.1. The summed E-state index contributed by atoms with van der Waals surface area (Å²) in [4.78, 5) is 18.4. The van der Waals surface area contributed by atoms with Gasteiger partial charge < -0.3 is 19.7 Å². The average molecular weight is 368 g/mol. The number of nitrogens with zero attached hydrogens (tertiary/aromatic N) is 2. The van der Waals surface area contributed by atoms with Gasteiger partial charge in [-0.25, -0.2) is 4.99 Å². The molecule has 0 amide bonds. The van der Waals surface area contributed by atoms with Gasteiger partial charge in [0.1, 0.15) is 12.4 Å². The molecule has 6 nitrogen and oxygen atoms in total. The van der Waals surface area contributed by atoms with Gasteiger partial charge in [0, 0.05) is 24.7 Å². The van der Waals surface area contributed by atoms with E-state index in [4.69, 9.17) is 21.1 Å². The van der Waals surface area contributed by atoms with E-state index >= 15 is 0 Å². The Hall–Kier alpha value is -1.95. The number of aliphatic imine (C=N–C) groups is 1. The van der Waals surface area contributed by atoms with E-state index in [9.17, 15) is 4.79 Å². The molecule has 1 saturated heterocycles. The zero-order valence-electron chi connectivity index (χ0n) is 14.8. The van der Waals surface area contributed by atoms with Gasteiger partial charge in [-0.15, -0.1) is 0 Å². The van der Waals surface area contributed by atoms with Crippen LogP contribution in [0, 0.1) is 5.92 Å². The van der Waals surface area contributed by atoms with Crippen LogP contribution in [0.15, 0.2) is 29.3 Å². The van der Waals surface area contributed by atoms with E-state index in [0.717, 1.165) is 44.2 Å². The Labute approximate surface area is 154 Å². The van der Waals surface area contributed by atoms with Crippen LogP contribution in [0.2, 0.25) is 5.02 Å². The number of esters is 1. The smallest absolute Gasteiger partial charge is 0.308 e. The largest absolute Gasteiger partial charge is 0.492 e. The van der Waals surface area contributed by atoms with E-state index in [1.165, 1.54) is 7.11 Å². The molecule has 1 aliphatic rings. The highest BCUT2D eigenvalue weighted by molar-refractivity contribution is 6.30. The summed E-state index contributed by atoms with van der Waals surface area (Å²) in [5.74, 6) is 1.53. The molecule has 1 aromatic rings. The third-order valence-electron chi connectivity index (χ3n) is 4.10. The Morgan fingerprint density at radius 2 is 2.00 bits per heavy atom. The first kappa shape index (κ1) is 19.4. The lowest BCUT2D eigenvalue weighted by atomic mass is 9.97. The molecular formula is C18H26ClN3O3. The number of hydrogen-bond acceptors (Lipinski definition) is 4. The highest BCUT2D eigenvalue weighted by Gasteiger charge is 2.26. The van der Waals surface area contributed by atoms with E-state index in [1.807, 2.05) is 19.1 Å². The molecule has 0 bridgehead atoms. The van der Waals surface area contributed by atoms with Crippen molar-refractivity contribution in [1.29, 1.82) is 0 Å². The summed E-state index contributed by atoms with van der Waals surface area (Å²) >= 11 is 5.85. The monoisotopic (exact) mass is 367 g/mol. The highest BCUT2D eigenvalue weighted by Crippen LogP contribution is 2.18. The van der Waals surface area contributed by atoms with Crippen LogP contribution in [-0.4, -0.2) is 56.7 Å². The summed E-state index contributed by atoms with van der Waals surface area (Å²) in [6.45, 7) is 5.49. The van der Waals surface area contributed by atoms with Gasteiger partial charge >= 0.3 is 5.97 Å². The van der Waals surface area contributed by atoms with Crippen molar-refractivity contribution in [1.82, 2.24) is 10.2 Å². The number of nitrogens with one attached hydrogen (secondary N) is 1. The zero-order valence-corrected chi connectivity index (χ0v) is 15.6. The van der Waals surface area contributed by atoms with E-state index in [2.05, 4.69) is 15.2 Å². The SMILES string of the molecule is CCNC(=NCCOc1ccc(Cl)cc1)N1CCC(C(=O)OC)CC1. The number of ether oxygens (including phenoxy) is 2. The van der Waals surface area contributed by atoms with Crippen LogP contribution < -0.4 is 10.1 Å². The number of rotatable bonds is 6. The lowest BCUT2D eigenvalue weighted by Gasteiger charge is -2.33. The molecule has 0 spiro atoms. The van der Waals surface area contributed by atoms with E-state index in [0.29, 0.717) is 18.2 Å². The summed E-state index contributed by atoms with van der Waals surface area (Å²) in [7, 11) is 1.45. The van der Waals surface area contributed by atoms with Crippen molar-refractivity contribution in [2.24, 2.45) is 10.9 Å². The number of halogens is 1. The first-order valence-corrected chi connectivity index (χ1v) is 9.01. The number of guanidine groups is 1. The number of carbonyl (C=O) groups excluding carboxylic acids is 1. The fourth-order valence-corrected chi connectivity index (χ4v) is 2.89. The van der Waals surface area contributed by atoms with Crippen LogP contribution in [-0.2, 0) is 9.53 Å². The number of piperidine rings is 1. The van der Waals surface area contributed by atoms with Gasteiger partial charge in [0.05, 0.1) is 19.6 Å². The van der Waals surface area contributed by atoms with Crippen LogP contribution in [0.1, 0.15) is 19.8 Å². The Balaban J connectivity index is 1.82. The number of likely N-dealkylation sites (tertiary alicyclic amines) is 1. The maximum Gasteiger partial charge on any atom is 0.308 e. The predicted molar refractivity (Wildman–Crippen MR) is 99.2 cm³/mol. The van der Waals surface area contributed by atoms with Crippen molar-refractivity contribution in [3.63, 3.8) is 0 Å². The topological polar surface area (TPSA) is 63.2 Å². The molecule has 0 saturated carbocycles. The standard InChI is InChI=1S/C18H26ClN3O3/c1-3-20-18(22-11-8-14(9-12-22)17(23)24-2)21-10-13-25-16-6-4-15(19)5-7-16/h4-7,14H,3,8-13H2,1-2H3,(H,20,21). The normalized spacial score (nSPS) is 15.8. The Kier molecular flexibility index (Phi) is 7.85. The van der Waals surface area contributed by atoms with E-state index < -0.39 is 0 Å². The van der Waals surface area contributed by atoms with Crippen molar-refractivity contribution in [3.05, 3.63) is 29.3 Å². The quantitative estimate of drug-likeness (QED) is 0.362. The molecule has 0 radical (unpaired) electrons. The fourth-order valence-electron chi connectivity index (χ4n) is 2.77. The molecule has 1 aromatic carbocycles. The molecule has 2 rings (SSSR count). The number of hydrogen-bond donors (Lipinski definition) is 1. The Morgan fingerprint density at radius 3 is 2.60 bits per heavy atom. The van der Waals surface area contributed by atoms with Crippen molar-refractivity contribution in [2.45, 2.75) is 19.8 Å². The second-order valence-electron chi connectivity index (χ2n) is 5.82. The van der Waals surface area contributed by atoms with Crippen molar-refractivity contribution in [2.75, 3.05) is 39.9 Å². The van der Waals surface area contributed by atoms with Gasteiger partial charge in [0.25, 0.3) is 0 Å². The summed E-state index contributed by atoms with van der Waals surface area (Å²) in [6, 6.07) is 7.29. The summed E-state index contributed by atoms with van der Waals surface area (Å²) in [5, 5.41) is 3.99. The van der Waals surface area contributed by atoms with Gasteiger partial charge in [-0.1, -0.05) is 11.6 Å². The number of methoxy groups -OCH3 is 1. The maximum atomic E-state index is 11.6. The highest BCUT2D eigenvalue weighted by atomic mass is 35.5. The summed E-state index contributed by atoms with van der Waals surface area (Å²) in [5.41, 5.74) is 0.